The van der Waals surface area contributed by atoms with Crippen LogP contribution in [0, 0.1) is 5.92 Å². The van der Waals surface area contributed by atoms with Crippen LogP contribution in [0.5, 0.6) is 5.75 Å². The molecular weight excluding hydrogens is 328 g/mol. The van der Waals surface area contributed by atoms with Gasteiger partial charge in [0.1, 0.15) is 5.75 Å². The van der Waals surface area contributed by atoms with E-state index in [0.717, 1.165) is 12.8 Å². The van der Waals surface area contributed by atoms with Crippen LogP contribution in [-0.2, 0) is 9.59 Å². The number of piperidine rings is 1. The van der Waals surface area contributed by atoms with Crippen LogP contribution >= 0.6 is 11.6 Å². The molecule has 0 spiro atoms. The quantitative estimate of drug-likeness (QED) is 0.886. The molecule has 1 aromatic rings. The first-order chi connectivity index (χ1) is 11.4. The summed E-state index contributed by atoms with van der Waals surface area (Å²) in [5, 5.41) is 3.64. The van der Waals surface area contributed by atoms with Crippen molar-refractivity contribution in [2.24, 2.45) is 5.92 Å². The molecule has 0 saturated carbocycles. The first-order valence-electron chi connectivity index (χ1n) is 8.38. The molecule has 0 bridgehead atoms. The van der Waals surface area contributed by atoms with Crippen molar-refractivity contribution in [1.82, 2.24) is 10.2 Å². The molecule has 6 heteroatoms. The monoisotopic (exact) mass is 352 g/mol. The lowest BCUT2D eigenvalue weighted by atomic mass is 10.0. The molecule has 1 aliphatic heterocycles. The fourth-order valence-corrected chi connectivity index (χ4v) is 2.82. The Bertz CT molecular complexity index is 566. The maximum Gasteiger partial charge on any atom is 0.260 e. The topological polar surface area (TPSA) is 58.6 Å². The number of carbonyl (C=O) groups is 2. The SMILES string of the molecule is CC(C)C(=O)N1CCC(NC(=O)C(C)Oc2ccc(Cl)cc2)CC1. The van der Waals surface area contributed by atoms with Gasteiger partial charge < -0.3 is 15.0 Å². The third-order valence-electron chi connectivity index (χ3n) is 4.14. The second-order valence-electron chi connectivity index (χ2n) is 6.48. The summed E-state index contributed by atoms with van der Waals surface area (Å²) in [6.45, 7) is 6.92. The number of ether oxygens (including phenoxy) is 1. The number of nitrogens with one attached hydrogen (secondary N) is 1. The van der Waals surface area contributed by atoms with Gasteiger partial charge in [0.15, 0.2) is 6.10 Å². The molecule has 1 aliphatic rings. The van der Waals surface area contributed by atoms with E-state index in [2.05, 4.69) is 5.32 Å². The van der Waals surface area contributed by atoms with Crippen LogP contribution in [0.1, 0.15) is 33.6 Å². The van der Waals surface area contributed by atoms with E-state index in [9.17, 15) is 9.59 Å². The molecule has 1 aromatic carbocycles. The van der Waals surface area contributed by atoms with Gasteiger partial charge in [-0.15, -0.1) is 0 Å². The number of benzene rings is 1. The van der Waals surface area contributed by atoms with Crippen LogP contribution in [0.3, 0.4) is 0 Å². The average Bonchev–Trinajstić information content (AvgIpc) is 2.56. The first-order valence-corrected chi connectivity index (χ1v) is 8.76. The van der Waals surface area contributed by atoms with Crippen molar-refractivity contribution >= 4 is 23.4 Å². The third-order valence-corrected chi connectivity index (χ3v) is 4.39. The number of amides is 2. The molecule has 0 aliphatic carbocycles. The molecular formula is C18H25ClN2O3. The van der Waals surface area contributed by atoms with Gasteiger partial charge in [-0.3, -0.25) is 9.59 Å². The third kappa shape index (κ3) is 5.13. The molecule has 5 nitrogen and oxygen atoms in total. The predicted molar refractivity (Wildman–Crippen MR) is 94.1 cm³/mol. The van der Waals surface area contributed by atoms with Gasteiger partial charge in [-0.1, -0.05) is 25.4 Å². The zero-order valence-electron chi connectivity index (χ0n) is 14.4. The smallest absolute Gasteiger partial charge is 0.260 e. The summed E-state index contributed by atoms with van der Waals surface area (Å²) in [6, 6.07) is 7.01. The summed E-state index contributed by atoms with van der Waals surface area (Å²) >= 11 is 5.83. The Kier molecular flexibility index (Phi) is 6.49. The van der Waals surface area contributed by atoms with E-state index in [1.165, 1.54) is 0 Å². The van der Waals surface area contributed by atoms with E-state index < -0.39 is 6.10 Å². The number of halogens is 1. The summed E-state index contributed by atoms with van der Waals surface area (Å²) in [5.41, 5.74) is 0. The summed E-state index contributed by atoms with van der Waals surface area (Å²) in [6.07, 6.45) is 0.969. The van der Waals surface area contributed by atoms with E-state index in [1.807, 2.05) is 18.7 Å². The average molecular weight is 353 g/mol. The van der Waals surface area contributed by atoms with Crippen LogP contribution < -0.4 is 10.1 Å². The largest absolute Gasteiger partial charge is 0.481 e. The van der Waals surface area contributed by atoms with E-state index in [0.29, 0.717) is 23.9 Å². The predicted octanol–water partition coefficient (Wildman–Crippen LogP) is 2.87. The van der Waals surface area contributed by atoms with E-state index in [1.54, 1.807) is 31.2 Å². The summed E-state index contributed by atoms with van der Waals surface area (Å²) in [5.74, 6) is 0.668. The molecule has 1 unspecified atom stereocenters. The van der Waals surface area contributed by atoms with Crippen molar-refractivity contribution in [2.75, 3.05) is 13.1 Å². The van der Waals surface area contributed by atoms with Crippen LogP contribution in [-0.4, -0.2) is 41.9 Å². The minimum absolute atomic E-state index is 0.0175. The fourth-order valence-electron chi connectivity index (χ4n) is 2.70. The minimum Gasteiger partial charge on any atom is -0.481 e. The zero-order valence-corrected chi connectivity index (χ0v) is 15.2. The van der Waals surface area contributed by atoms with Crippen LogP contribution in [0.25, 0.3) is 0 Å². The van der Waals surface area contributed by atoms with Crippen molar-refractivity contribution < 1.29 is 14.3 Å². The lowest BCUT2D eigenvalue weighted by Gasteiger charge is -2.33. The molecule has 2 rings (SSSR count). The second-order valence-corrected chi connectivity index (χ2v) is 6.91. The molecule has 24 heavy (non-hydrogen) atoms. The second kappa shape index (κ2) is 8.38. The van der Waals surface area contributed by atoms with E-state index in [-0.39, 0.29) is 23.8 Å². The lowest BCUT2D eigenvalue weighted by Crippen LogP contribution is -2.49. The molecule has 0 radical (unpaired) electrons. The Balaban J connectivity index is 1.78. The van der Waals surface area contributed by atoms with Gasteiger partial charge in [-0.2, -0.15) is 0 Å². The summed E-state index contributed by atoms with van der Waals surface area (Å²) < 4.78 is 5.63. The number of hydrogen-bond acceptors (Lipinski definition) is 3. The van der Waals surface area contributed by atoms with Crippen LogP contribution in [0.4, 0.5) is 0 Å². The number of hydrogen-bond donors (Lipinski definition) is 1. The zero-order chi connectivity index (χ0) is 17.7. The van der Waals surface area contributed by atoms with Gasteiger partial charge in [-0.25, -0.2) is 0 Å². The molecule has 1 saturated heterocycles. The first kappa shape index (κ1) is 18.6. The molecule has 132 valence electrons. The highest BCUT2D eigenvalue weighted by molar-refractivity contribution is 6.30. The Morgan fingerprint density at radius 1 is 1.17 bits per heavy atom. The van der Waals surface area contributed by atoms with Gasteiger partial charge in [0, 0.05) is 30.1 Å². The highest BCUT2D eigenvalue weighted by Gasteiger charge is 2.26. The summed E-state index contributed by atoms with van der Waals surface area (Å²) in [7, 11) is 0. The van der Waals surface area contributed by atoms with Gasteiger partial charge in [-0.05, 0) is 44.0 Å². The van der Waals surface area contributed by atoms with Crippen molar-refractivity contribution in [3.8, 4) is 5.75 Å². The van der Waals surface area contributed by atoms with Crippen LogP contribution in [0.2, 0.25) is 5.02 Å². The highest BCUT2D eigenvalue weighted by atomic mass is 35.5. The lowest BCUT2D eigenvalue weighted by molar-refractivity contribution is -0.135. The minimum atomic E-state index is -0.582. The number of carbonyl (C=O) groups excluding carboxylic acids is 2. The van der Waals surface area contributed by atoms with Crippen molar-refractivity contribution in [2.45, 2.75) is 45.8 Å². The highest BCUT2D eigenvalue weighted by Crippen LogP contribution is 2.17. The Morgan fingerprint density at radius 2 is 1.75 bits per heavy atom. The molecule has 1 N–H and O–H groups in total. The van der Waals surface area contributed by atoms with Crippen molar-refractivity contribution in [1.29, 1.82) is 0 Å². The fraction of sp³-hybridized carbons (Fsp3) is 0.556. The van der Waals surface area contributed by atoms with E-state index in [4.69, 9.17) is 16.3 Å². The van der Waals surface area contributed by atoms with Crippen molar-refractivity contribution in [3.05, 3.63) is 29.3 Å². The Labute approximate surface area is 148 Å². The van der Waals surface area contributed by atoms with Crippen LogP contribution in [0.15, 0.2) is 24.3 Å². The number of likely N-dealkylation sites (tertiary alicyclic amines) is 1. The Hall–Kier alpha value is -1.75. The maximum absolute atomic E-state index is 12.3. The Morgan fingerprint density at radius 3 is 2.29 bits per heavy atom. The van der Waals surface area contributed by atoms with Gasteiger partial charge in [0.05, 0.1) is 0 Å². The van der Waals surface area contributed by atoms with E-state index >= 15 is 0 Å². The van der Waals surface area contributed by atoms with Gasteiger partial charge >= 0.3 is 0 Å². The number of nitrogens with zero attached hydrogens (tertiary/aromatic N) is 1. The number of rotatable bonds is 5. The summed E-state index contributed by atoms with van der Waals surface area (Å²) in [4.78, 5) is 26.1. The van der Waals surface area contributed by atoms with Crippen molar-refractivity contribution in [3.63, 3.8) is 0 Å². The normalized spacial score (nSPS) is 16.8. The maximum atomic E-state index is 12.3. The van der Waals surface area contributed by atoms with Gasteiger partial charge in [0.2, 0.25) is 5.91 Å². The molecule has 1 fully saturated rings. The standard InChI is InChI=1S/C18H25ClN2O3/c1-12(2)18(23)21-10-8-15(9-11-21)20-17(22)13(3)24-16-6-4-14(19)5-7-16/h4-7,12-13,15H,8-11H2,1-3H3,(H,20,22). The molecule has 1 heterocycles. The molecule has 2 amide bonds. The molecule has 0 aromatic heterocycles. The molecule has 1 atom stereocenters. The van der Waals surface area contributed by atoms with Gasteiger partial charge in [0.25, 0.3) is 5.91 Å².